The number of fused-ring (bicyclic) bond motifs is 3. The molecular formula is C63H78F10N20O5. The highest BCUT2D eigenvalue weighted by atomic mass is 19.4. The molecule has 3 fully saturated rings. The number of alkyl halides is 9. The van der Waals surface area contributed by atoms with Gasteiger partial charge in [0.25, 0.3) is 0 Å². The second-order valence-electron chi connectivity index (χ2n) is 24.0. The van der Waals surface area contributed by atoms with Crippen LogP contribution in [0, 0.1) is 23.6 Å². The number of nitrogens with one attached hydrogen (secondary N) is 7. The first-order valence-electron chi connectivity index (χ1n) is 30.9. The van der Waals surface area contributed by atoms with Crippen molar-refractivity contribution in [3.05, 3.63) is 110 Å². The highest BCUT2D eigenvalue weighted by molar-refractivity contribution is 5.95. The van der Waals surface area contributed by atoms with Crippen molar-refractivity contribution in [3.8, 4) is 34.2 Å². The SMILES string of the molecule is CC(C)CC(=O)N1CCN(c2ccnc(-c3c[nH]c4ncccc34)n2)[C@@H](C(=O)NCC(F)(F)F)C1.CC(C)[C@@H](Nc1nc(-c2c[nH]c3ncccc23)ncc1F)C(=O)NCC(F)(F)F.O=C(NCC(F)(F)F)[C@H]1CN(C(=O)C2CC2)CCN1c1ccnc(-c2c[nH]c3ncccc23)n1.[HH].[HH].[HH].[HH].[HH].[HH]. The molecule has 25 nitrogen and oxygen atoms in total. The van der Waals surface area contributed by atoms with E-state index in [4.69, 9.17) is 0 Å². The highest BCUT2D eigenvalue weighted by Gasteiger charge is 2.42. The number of H-pyrrole nitrogens is 3. The molecule has 1 saturated carbocycles. The number of anilines is 3. The third-order valence-corrected chi connectivity index (χ3v) is 15.9. The van der Waals surface area contributed by atoms with Crippen molar-refractivity contribution in [2.24, 2.45) is 17.8 Å². The number of pyridine rings is 3. The maximum Gasteiger partial charge on any atom is 0.405 e. The quantitative estimate of drug-likeness (QED) is 0.0417. The summed E-state index contributed by atoms with van der Waals surface area (Å²) in [6.07, 6.45) is 2.28. The third-order valence-electron chi connectivity index (χ3n) is 15.9. The van der Waals surface area contributed by atoms with Gasteiger partial charge in [0.15, 0.2) is 29.1 Å². The van der Waals surface area contributed by atoms with Gasteiger partial charge in [0, 0.05) is 130 Å². The van der Waals surface area contributed by atoms with Crippen LogP contribution >= 0.6 is 0 Å². The summed E-state index contributed by atoms with van der Waals surface area (Å²) in [5.74, 6) is -2.47. The van der Waals surface area contributed by atoms with Crippen LogP contribution in [-0.4, -0.2) is 195 Å². The van der Waals surface area contributed by atoms with Crippen LogP contribution in [0.3, 0.4) is 0 Å². The number of hydrogen-bond acceptors (Lipinski definition) is 17. The summed E-state index contributed by atoms with van der Waals surface area (Å²) in [5, 5.41) is 10.7. The van der Waals surface area contributed by atoms with Crippen LogP contribution in [0.15, 0.2) is 104 Å². The van der Waals surface area contributed by atoms with E-state index >= 15 is 0 Å². The third kappa shape index (κ3) is 17.7. The summed E-state index contributed by atoms with van der Waals surface area (Å²) in [7, 11) is 0. The lowest BCUT2D eigenvalue weighted by Gasteiger charge is -2.41. The molecule has 12 rings (SSSR count). The van der Waals surface area contributed by atoms with E-state index in [-0.39, 0.29) is 70.0 Å². The zero-order valence-electron chi connectivity index (χ0n) is 52.9. The van der Waals surface area contributed by atoms with E-state index in [0.29, 0.717) is 81.8 Å². The average Bonchev–Trinajstić information content (AvgIpc) is 1.48. The summed E-state index contributed by atoms with van der Waals surface area (Å²) >= 11 is 0. The topological polar surface area (TPSA) is 310 Å². The summed E-state index contributed by atoms with van der Waals surface area (Å²) < 4.78 is 128. The number of hydrogen-bond donors (Lipinski definition) is 7. The van der Waals surface area contributed by atoms with Gasteiger partial charge in [-0.2, -0.15) is 39.5 Å². The lowest BCUT2D eigenvalue weighted by Crippen LogP contribution is -2.61. The van der Waals surface area contributed by atoms with Crippen molar-refractivity contribution in [1.29, 1.82) is 0 Å². The van der Waals surface area contributed by atoms with E-state index in [2.05, 4.69) is 65.1 Å². The van der Waals surface area contributed by atoms with Crippen molar-refractivity contribution < 1.29 is 76.4 Å². The molecular weight excluding hydrogens is 1310 g/mol. The molecule has 5 amide bonds. The molecule has 3 atom stereocenters. The molecule has 98 heavy (non-hydrogen) atoms. The van der Waals surface area contributed by atoms with Crippen molar-refractivity contribution >= 4 is 80.1 Å². The fraction of sp³-hybridized carbons (Fsp3) is 0.397. The Balaban J connectivity index is 0.000000322. The largest absolute Gasteiger partial charge is 0.405 e. The molecule has 530 valence electrons. The smallest absolute Gasteiger partial charge is 0.356 e. The monoisotopic (exact) mass is 1380 g/mol. The molecule has 0 aromatic carbocycles. The van der Waals surface area contributed by atoms with E-state index in [9.17, 15) is 67.9 Å². The fourth-order valence-corrected chi connectivity index (χ4v) is 10.9. The Morgan fingerprint density at radius 3 is 1.41 bits per heavy atom. The van der Waals surface area contributed by atoms with E-state index < -0.39 is 85.7 Å². The Bertz CT molecular complexity index is 4340. The number of nitrogens with zero attached hydrogens (tertiary/aromatic N) is 13. The number of carbonyl (C=O) groups is 5. The normalized spacial score (nSPS) is 16.3. The molecule has 0 spiro atoms. The summed E-state index contributed by atoms with van der Waals surface area (Å²) in [5.41, 5.74) is 3.92. The predicted molar refractivity (Wildman–Crippen MR) is 351 cm³/mol. The van der Waals surface area contributed by atoms with Crippen molar-refractivity contribution in [2.75, 3.05) is 74.0 Å². The molecule has 2 aliphatic heterocycles. The first-order chi connectivity index (χ1) is 46.6. The maximum atomic E-state index is 14.3. The van der Waals surface area contributed by atoms with Crippen LogP contribution in [0.1, 0.15) is 55.5 Å². The molecule has 1 aliphatic carbocycles. The second kappa shape index (κ2) is 29.8. The van der Waals surface area contributed by atoms with Gasteiger partial charge in [0.1, 0.15) is 66.3 Å². The summed E-state index contributed by atoms with van der Waals surface area (Å²) in [4.78, 5) is 117. The number of rotatable bonds is 17. The lowest BCUT2D eigenvalue weighted by atomic mass is 10.0. The Hall–Kier alpha value is -10.6. The fourth-order valence-electron chi connectivity index (χ4n) is 10.9. The Kier molecular flexibility index (Phi) is 21.3. The van der Waals surface area contributed by atoms with Crippen LogP contribution in [0.2, 0.25) is 0 Å². The van der Waals surface area contributed by atoms with Gasteiger partial charge in [-0.25, -0.2) is 49.2 Å². The number of amides is 5. The maximum absolute atomic E-state index is 14.3. The molecule has 9 aromatic heterocycles. The van der Waals surface area contributed by atoms with E-state index in [1.165, 1.54) is 11.1 Å². The summed E-state index contributed by atoms with van der Waals surface area (Å²) in [6.45, 7) is 3.82. The van der Waals surface area contributed by atoms with E-state index in [1.54, 1.807) is 114 Å². The molecule has 11 heterocycles. The van der Waals surface area contributed by atoms with Crippen molar-refractivity contribution in [1.82, 2.24) is 85.6 Å². The Morgan fingerprint density at radius 1 is 0.551 bits per heavy atom. The van der Waals surface area contributed by atoms with E-state index in [0.717, 1.165) is 29.8 Å². The number of carbonyl (C=O) groups excluding carboxylic acids is 5. The molecule has 7 N–H and O–H groups in total. The number of aromatic amines is 3. The minimum atomic E-state index is -4.55. The first-order valence-corrected chi connectivity index (χ1v) is 30.9. The van der Waals surface area contributed by atoms with Crippen LogP contribution in [0.25, 0.3) is 67.3 Å². The van der Waals surface area contributed by atoms with Crippen LogP contribution in [-0.2, 0) is 24.0 Å². The summed E-state index contributed by atoms with van der Waals surface area (Å²) in [6, 6.07) is 10.9. The van der Waals surface area contributed by atoms with Gasteiger partial charge in [-0.1, -0.05) is 27.7 Å². The van der Waals surface area contributed by atoms with Gasteiger partial charge in [-0.05, 0) is 73.2 Å². The van der Waals surface area contributed by atoms with Gasteiger partial charge in [-0.3, -0.25) is 24.0 Å². The Morgan fingerprint density at radius 2 is 0.980 bits per heavy atom. The second-order valence-corrected chi connectivity index (χ2v) is 24.0. The molecule has 35 heteroatoms. The first kappa shape index (κ1) is 70.2. The number of piperazine rings is 2. The highest BCUT2D eigenvalue weighted by Crippen LogP contribution is 2.34. The van der Waals surface area contributed by atoms with Gasteiger partial charge < -0.3 is 55.8 Å². The zero-order valence-corrected chi connectivity index (χ0v) is 52.9. The van der Waals surface area contributed by atoms with E-state index in [1.807, 2.05) is 36.6 Å². The number of aromatic nitrogens is 12. The molecule has 2 saturated heterocycles. The minimum absolute atomic E-state index is 0. The standard InChI is InChI=1S/C23H26F3N7O2.C22H22F3N7O2.C18H18F4N6O.6H2/c1-14(2)10-19(34)32-8-9-33(17(12-32)22(35)30-13-23(24,25)26)18-5-7-28-21(31-18)16-11-29-20-15(16)4-3-6-27-20;23-22(24,25)12-29-20(33)16-11-31(21(34)13-3-4-13)8-9-32(16)17-5-7-27-19(30-17)15-10-28-18-14(15)2-1-6-26-18;1-9(2)13(17(29)26-8-18(20,21)22)27-16-12(19)7-25-15(28-16)11-6-24-14-10(11)4-3-5-23-14;;;;;;/h3-7,11,14,17H,8-10,12-13H2,1-2H3,(H,27,29)(H,30,35);1-2,5-7,10,13,16H,3-4,8-9,11-12H2,(H,26,28)(H,29,33);3-7,9,13H,8H2,1-2H3,(H,23,24)(H,26,29)(H,25,27,28);6*1H/t17-;16-;13-;;;;;;/m111....../s1. The van der Waals surface area contributed by atoms with Gasteiger partial charge >= 0.3 is 18.5 Å². The van der Waals surface area contributed by atoms with Crippen molar-refractivity contribution in [2.45, 2.75) is 83.6 Å². The zero-order chi connectivity index (χ0) is 70.2. The molecule has 0 radical (unpaired) electrons. The van der Waals surface area contributed by atoms with Crippen molar-refractivity contribution in [3.63, 3.8) is 0 Å². The van der Waals surface area contributed by atoms with Crippen LogP contribution < -0.4 is 31.1 Å². The predicted octanol–water partition coefficient (Wildman–Crippen LogP) is 9.64. The van der Waals surface area contributed by atoms with Gasteiger partial charge in [0.2, 0.25) is 29.5 Å². The number of halogens is 10. The minimum Gasteiger partial charge on any atom is -0.356 e. The molecule has 9 aromatic rings. The van der Waals surface area contributed by atoms with Crippen LogP contribution in [0.4, 0.5) is 61.4 Å². The average molecular weight is 1390 g/mol. The van der Waals surface area contributed by atoms with Gasteiger partial charge in [0.05, 0.1) is 19.3 Å². The molecule has 3 aliphatic rings. The molecule has 0 unspecified atom stereocenters. The Labute approximate surface area is 560 Å². The van der Waals surface area contributed by atoms with Crippen LogP contribution in [0.5, 0.6) is 0 Å². The van der Waals surface area contributed by atoms with Gasteiger partial charge in [-0.15, -0.1) is 0 Å². The molecule has 0 bridgehead atoms. The lowest BCUT2D eigenvalue weighted by molar-refractivity contribution is -0.141.